The van der Waals surface area contributed by atoms with E-state index in [1.165, 1.54) is 0 Å². The summed E-state index contributed by atoms with van der Waals surface area (Å²) in [5, 5.41) is 23.0. The molecule has 40 heavy (non-hydrogen) atoms. The molecule has 216 valence electrons. The lowest BCUT2D eigenvalue weighted by atomic mass is 10.0. The molecule has 0 aromatic heterocycles. The molecule has 7 heteroatoms. The van der Waals surface area contributed by atoms with E-state index in [1.54, 1.807) is 0 Å². The molecule has 0 bridgehead atoms. The molecular formula is C33H45NO5Si. The highest BCUT2D eigenvalue weighted by molar-refractivity contribution is 6.74. The Hall–Kier alpha value is -2.97. The van der Waals surface area contributed by atoms with E-state index in [1.807, 2.05) is 72.8 Å². The number of nitrogens with one attached hydrogen (secondary N) is 1. The van der Waals surface area contributed by atoms with Gasteiger partial charge < -0.3 is 24.7 Å². The number of benzene rings is 3. The monoisotopic (exact) mass is 563 g/mol. The van der Waals surface area contributed by atoms with Crippen LogP contribution in [0.2, 0.25) is 18.1 Å². The van der Waals surface area contributed by atoms with Gasteiger partial charge in [-0.05, 0) is 65.9 Å². The van der Waals surface area contributed by atoms with Crippen molar-refractivity contribution in [2.45, 2.75) is 84.0 Å². The van der Waals surface area contributed by atoms with Crippen LogP contribution in [0.15, 0.2) is 72.8 Å². The van der Waals surface area contributed by atoms with Gasteiger partial charge in [0.25, 0.3) is 0 Å². The standard InChI is InChI=1S/C33H45NO5Si/c1-24(17-26-13-10-14-27(18-26)19-32(36)37)34-21-31(39-40(5,6)33(2,3)4)28-15-16-30(29(20-28)22-35)38-23-25-11-8-7-9-12-25/h7-16,18,20,24,31,34-35H,17,19,21-23H2,1-6H3,(H,36,37)/t24-,31+/m1/s1. The third-order valence-electron chi connectivity index (χ3n) is 7.65. The summed E-state index contributed by atoms with van der Waals surface area (Å²) in [6, 6.07) is 23.9. The van der Waals surface area contributed by atoms with Crippen molar-refractivity contribution < 1.29 is 24.2 Å². The first-order valence-electron chi connectivity index (χ1n) is 14.0. The number of aliphatic hydroxyl groups excluding tert-OH is 1. The summed E-state index contributed by atoms with van der Waals surface area (Å²) < 4.78 is 13.0. The van der Waals surface area contributed by atoms with Crippen LogP contribution < -0.4 is 10.1 Å². The fourth-order valence-corrected chi connectivity index (χ4v) is 5.62. The van der Waals surface area contributed by atoms with Crippen molar-refractivity contribution in [1.29, 1.82) is 0 Å². The van der Waals surface area contributed by atoms with E-state index in [0.29, 0.717) is 18.9 Å². The fraction of sp³-hybridized carbons (Fsp3) is 0.424. The van der Waals surface area contributed by atoms with Crippen molar-refractivity contribution in [3.8, 4) is 5.75 Å². The molecule has 0 amide bonds. The van der Waals surface area contributed by atoms with E-state index in [-0.39, 0.29) is 30.2 Å². The minimum absolute atomic E-state index is 0.0241. The Morgan fingerprint density at radius 2 is 1.62 bits per heavy atom. The van der Waals surface area contributed by atoms with E-state index in [0.717, 1.165) is 34.2 Å². The Morgan fingerprint density at radius 1 is 0.950 bits per heavy atom. The van der Waals surface area contributed by atoms with Gasteiger partial charge in [-0.15, -0.1) is 0 Å². The second kappa shape index (κ2) is 14.1. The van der Waals surface area contributed by atoms with Gasteiger partial charge in [0, 0.05) is 18.2 Å². The topological polar surface area (TPSA) is 88.0 Å². The van der Waals surface area contributed by atoms with Gasteiger partial charge in [0.15, 0.2) is 8.32 Å². The van der Waals surface area contributed by atoms with Crippen LogP contribution in [0.3, 0.4) is 0 Å². The van der Waals surface area contributed by atoms with E-state index in [9.17, 15) is 9.90 Å². The third kappa shape index (κ3) is 9.30. The number of ether oxygens (including phenoxy) is 1. The Morgan fingerprint density at radius 3 is 2.27 bits per heavy atom. The van der Waals surface area contributed by atoms with Crippen LogP contribution in [-0.2, 0) is 35.3 Å². The molecule has 0 aliphatic carbocycles. The molecule has 0 saturated carbocycles. The van der Waals surface area contributed by atoms with Gasteiger partial charge in [-0.2, -0.15) is 0 Å². The van der Waals surface area contributed by atoms with Crippen LogP contribution in [0.25, 0.3) is 0 Å². The molecule has 3 aromatic rings. The van der Waals surface area contributed by atoms with Crippen LogP contribution in [0.4, 0.5) is 0 Å². The van der Waals surface area contributed by atoms with Crippen LogP contribution in [0.1, 0.15) is 61.6 Å². The van der Waals surface area contributed by atoms with Crippen molar-refractivity contribution in [2.75, 3.05) is 6.54 Å². The lowest BCUT2D eigenvalue weighted by molar-refractivity contribution is -0.136. The maximum atomic E-state index is 11.1. The van der Waals surface area contributed by atoms with Crippen LogP contribution >= 0.6 is 0 Å². The average molecular weight is 564 g/mol. The second-order valence-corrected chi connectivity index (χ2v) is 16.8. The van der Waals surface area contributed by atoms with Gasteiger partial charge in [-0.3, -0.25) is 4.79 Å². The number of carboxylic acids is 1. The molecule has 6 nitrogen and oxygen atoms in total. The molecule has 0 spiro atoms. The van der Waals surface area contributed by atoms with Gasteiger partial charge in [-0.25, -0.2) is 0 Å². The number of aliphatic hydroxyl groups is 1. The number of carbonyl (C=O) groups is 1. The minimum atomic E-state index is -2.11. The molecule has 0 aliphatic heterocycles. The number of carboxylic acid groups (broad SMARTS) is 1. The maximum Gasteiger partial charge on any atom is 0.307 e. The Labute approximate surface area is 240 Å². The van der Waals surface area contributed by atoms with Crippen LogP contribution in [0, 0.1) is 0 Å². The molecule has 3 N–H and O–H groups in total. The maximum absolute atomic E-state index is 11.1. The smallest absolute Gasteiger partial charge is 0.307 e. The molecule has 3 rings (SSSR count). The zero-order valence-electron chi connectivity index (χ0n) is 24.7. The summed E-state index contributed by atoms with van der Waals surface area (Å²) in [6.07, 6.45) is 0.597. The summed E-state index contributed by atoms with van der Waals surface area (Å²) in [6.45, 7) is 14.3. The lowest BCUT2D eigenvalue weighted by Gasteiger charge is -2.40. The largest absolute Gasteiger partial charge is 0.489 e. The van der Waals surface area contributed by atoms with Gasteiger partial charge in [0.2, 0.25) is 0 Å². The molecule has 2 atom stereocenters. The lowest BCUT2D eigenvalue weighted by Crippen LogP contribution is -2.44. The molecule has 0 unspecified atom stereocenters. The van der Waals surface area contributed by atoms with Gasteiger partial charge >= 0.3 is 5.97 Å². The van der Waals surface area contributed by atoms with Crippen molar-refractivity contribution in [2.24, 2.45) is 0 Å². The number of hydrogen-bond donors (Lipinski definition) is 3. The summed E-state index contributed by atoms with van der Waals surface area (Å²) in [7, 11) is -2.11. The van der Waals surface area contributed by atoms with Gasteiger partial charge in [0.05, 0.1) is 19.1 Å². The van der Waals surface area contributed by atoms with Gasteiger partial charge in [-0.1, -0.05) is 81.4 Å². The summed E-state index contributed by atoms with van der Waals surface area (Å²) in [5.41, 5.74) is 4.72. The average Bonchev–Trinajstić information content (AvgIpc) is 2.89. The second-order valence-electron chi connectivity index (χ2n) is 12.1. The number of aliphatic carboxylic acids is 1. The highest BCUT2D eigenvalue weighted by atomic mass is 28.4. The molecule has 0 fully saturated rings. The summed E-state index contributed by atoms with van der Waals surface area (Å²) in [4.78, 5) is 11.1. The molecule has 0 saturated heterocycles. The van der Waals surface area contributed by atoms with E-state index in [4.69, 9.17) is 14.3 Å². The first-order valence-corrected chi connectivity index (χ1v) is 16.9. The van der Waals surface area contributed by atoms with Crippen LogP contribution in [-0.4, -0.2) is 37.1 Å². The predicted octanol–water partition coefficient (Wildman–Crippen LogP) is 6.67. The summed E-state index contributed by atoms with van der Waals surface area (Å²) >= 11 is 0. The molecular weight excluding hydrogens is 518 g/mol. The molecule has 0 radical (unpaired) electrons. The van der Waals surface area contributed by atoms with Crippen molar-refractivity contribution in [1.82, 2.24) is 5.32 Å². The molecule has 0 heterocycles. The highest BCUT2D eigenvalue weighted by Crippen LogP contribution is 2.40. The predicted molar refractivity (Wildman–Crippen MR) is 163 cm³/mol. The fourth-order valence-electron chi connectivity index (χ4n) is 4.33. The third-order valence-corrected chi connectivity index (χ3v) is 12.1. The van der Waals surface area contributed by atoms with E-state index in [2.05, 4.69) is 46.1 Å². The van der Waals surface area contributed by atoms with E-state index >= 15 is 0 Å². The molecule has 0 aliphatic rings. The van der Waals surface area contributed by atoms with Crippen LogP contribution in [0.5, 0.6) is 5.75 Å². The zero-order chi connectivity index (χ0) is 29.3. The Bertz CT molecular complexity index is 1240. The van der Waals surface area contributed by atoms with Gasteiger partial charge in [0.1, 0.15) is 12.4 Å². The number of rotatable bonds is 14. The SMILES string of the molecule is C[C@H](Cc1cccc(CC(=O)O)c1)NC[C@H](O[Si](C)(C)C(C)(C)C)c1ccc(OCc2ccccc2)c(CO)c1. The van der Waals surface area contributed by atoms with Crippen molar-refractivity contribution in [3.05, 3.63) is 101 Å². The minimum Gasteiger partial charge on any atom is -0.489 e. The number of hydrogen-bond acceptors (Lipinski definition) is 5. The highest BCUT2D eigenvalue weighted by Gasteiger charge is 2.39. The molecule has 3 aromatic carbocycles. The quantitative estimate of drug-likeness (QED) is 0.190. The van der Waals surface area contributed by atoms with Crippen molar-refractivity contribution >= 4 is 14.3 Å². The summed E-state index contributed by atoms with van der Waals surface area (Å²) in [5.74, 6) is -0.156. The van der Waals surface area contributed by atoms with E-state index < -0.39 is 14.3 Å². The zero-order valence-corrected chi connectivity index (χ0v) is 25.7. The Kier molecular flexibility index (Phi) is 11.1. The van der Waals surface area contributed by atoms with Crippen molar-refractivity contribution in [3.63, 3.8) is 0 Å². The first-order chi connectivity index (χ1) is 18.9. The first kappa shape index (κ1) is 31.6. The Balaban J connectivity index is 1.77. The normalized spacial score (nSPS) is 13.6.